The number of hydrogen-bond donors (Lipinski definition) is 1. The fourth-order valence-corrected chi connectivity index (χ4v) is 1.89. The third-order valence-corrected chi connectivity index (χ3v) is 3.24. The third-order valence-electron chi connectivity index (χ3n) is 3.24. The molecule has 0 radical (unpaired) electrons. The average molecular weight is 353 g/mol. The van der Waals surface area contributed by atoms with Crippen molar-refractivity contribution in [2.24, 2.45) is 0 Å². The summed E-state index contributed by atoms with van der Waals surface area (Å²) in [5.41, 5.74) is -0.791. The molecule has 1 N–H and O–H groups in total. The number of carbonyl (C=O) groups excluding carboxylic acids is 2. The molecule has 0 spiro atoms. The predicted octanol–water partition coefficient (Wildman–Crippen LogP) is 3.30. The molecule has 0 saturated heterocycles. The van der Waals surface area contributed by atoms with Crippen LogP contribution in [0.1, 0.15) is 17.3 Å². The Bertz CT molecular complexity index is 810. The number of rotatable bonds is 5. The molecule has 0 aliphatic carbocycles. The molecule has 8 heteroatoms. The molecule has 0 bridgehead atoms. The highest BCUT2D eigenvalue weighted by atomic mass is 19.1. The van der Waals surface area contributed by atoms with Crippen LogP contribution in [0.2, 0.25) is 0 Å². The first-order valence-electron chi connectivity index (χ1n) is 7.12. The lowest BCUT2D eigenvalue weighted by Gasteiger charge is -2.14. The molecule has 0 heterocycles. The highest BCUT2D eigenvalue weighted by molar-refractivity contribution is 5.97. The number of halogens is 3. The molecule has 0 aliphatic heterocycles. The van der Waals surface area contributed by atoms with Crippen molar-refractivity contribution in [3.8, 4) is 5.75 Å². The van der Waals surface area contributed by atoms with Gasteiger partial charge < -0.3 is 14.8 Å². The Morgan fingerprint density at radius 3 is 2.40 bits per heavy atom. The lowest BCUT2D eigenvalue weighted by molar-refractivity contribution is -0.123. The Morgan fingerprint density at radius 2 is 1.76 bits per heavy atom. The summed E-state index contributed by atoms with van der Waals surface area (Å²) in [5, 5.41) is 2.10. The molecule has 2 aromatic carbocycles. The summed E-state index contributed by atoms with van der Waals surface area (Å²) in [7, 11) is 1.34. The van der Waals surface area contributed by atoms with Crippen LogP contribution in [-0.4, -0.2) is 25.1 Å². The van der Waals surface area contributed by atoms with Crippen molar-refractivity contribution in [2.45, 2.75) is 13.0 Å². The van der Waals surface area contributed by atoms with Gasteiger partial charge in [-0.1, -0.05) is 0 Å². The number of anilines is 1. The molecule has 5 nitrogen and oxygen atoms in total. The maximum absolute atomic E-state index is 13.8. The molecule has 2 aromatic rings. The Labute approximate surface area is 141 Å². The molecule has 0 aliphatic rings. The van der Waals surface area contributed by atoms with Crippen molar-refractivity contribution in [1.82, 2.24) is 0 Å². The first-order chi connectivity index (χ1) is 11.8. The molecule has 0 fully saturated rings. The van der Waals surface area contributed by atoms with Crippen LogP contribution in [0.5, 0.6) is 5.75 Å². The summed E-state index contributed by atoms with van der Waals surface area (Å²) >= 11 is 0. The van der Waals surface area contributed by atoms with Gasteiger partial charge in [0.1, 0.15) is 23.2 Å². The smallest absolute Gasteiger partial charge is 0.341 e. The normalized spacial score (nSPS) is 11.6. The van der Waals surface area contributed by atoms with Gasteiger partial charge >= 0.3 is 5.97 Å². The monoisotopic (exact) mass is 353 g/mol. The molecular weight excluding hydrogens is 339 g/mol. The van der Waals surface area contributed by atoms with E-state index in [0.717, 1.165) is 30.3 Å². The fraction of sp³-hybridized carbons (Fsp3) is 0.176. The highest BCUT2D eigenvalue weighted by Crippen LogP contribution is 2.19. The van der Waals surface area contributed by atoms with Gasteiger partial charge in [0.25, 0.3) is 5.91 Å². The van der Waals surface area contributed by atoms with Gasteiger partial charge in [-0.25, -0.2) is 18.0 Å². The number of methoxy groups -OCH3 is 1. The molecular formula is C17H14F3NO4. The number of amides is 1. The number of ether oxygens (including phenoxy) is 2. The molecule has 0 saturated carbocycles. The zero-order chi connectivity index (χ0) is 18.6. The van der Waals surface area contributed by atoms with E-state index in [0.29, 0.717) is 0 Å². The quantitative estimate of drug-likeness (QED) is 0.838. The first-order valence-corrected chi connectivity index (χ1v) is 7.12. The number of esters is 1. The van der Waals surface area contributed by atoms with Crippen molar-refractivity contribution < 1.29 is 32.2 Å². The molecule has 0 unspecified atom stereocenters. The van der Waals surface area contributed by atoms with Crippen LogP contribution in [0.15, 0.2) is 36.4 Å². The van der Waals surface area contributed by atoms with Crippen molar-refractivity contribution >= 4 is 17.6 Å². The maximum atomic E-state index is 13.8. The molecule has 2 rings (SSSR count). The summed E-state index contributed by atoms with van der Waals surface area (Å²) in [6, 6.07) is 6.00. The van der Waals surface area contributed by atoms with Crippen LogP contribution in [0.4, 0.5) is 18.9 Å². The molecule has 132 valence electrons. The lowest BCUT2D eigenvalue weighted by Crippen LogP contribution is -2.30. The van der Waals surface area contributed by atoms with Gasteiger partial charge in [-0.2, -0.15) is 0 Å². The highest BCUT2D eigenvalue weighted by Gasteiger charge is 2.22. The minimum Gasteiger partial charge on any atom is -0.497 e. The van der Waals surface area contributed by atoms with Crippen LogP contribution in [0.25, 0.3) is 0 Å². The zero-order valence-electron chi connectivity index (χ0n) is 13.3. The van der Waals surface area contributed by atoms with Crippen molar-refractivity contribution in [3.63, 3.8) is 0 Å². The Hall–Kier alpha value is -3.03. The second-order valence-corrected chi connectivity index (χ2v) is 5.01. The summed E-state index contributed by atoms with van der Waals surface area (Å²) < 4.78 is 50.0. The third kappa shape index (κ3) is 4.50. The van der Waals surface area contributed by atoms with E-state index < -0.39 is 46.7 Å². The van der Waals surface area contributed by atoms with Gasteiger partial charge in [0.2, 0.25) is 0 Å². The van der Waals surface area contributed by atoms with Crippen molar-refractivity contribution in [3.05, 3.63) is 59.4 Å². The van der Waals surface area contributed by atoms with Gasteiger partial charge in [-0.15, -0.1) is 0 Å². The van der Waals surface area contributed by atoms with E-state index in [1.54, 1.807) is 0 Å². The van der Waals surface area contributed by atoms with E-state index in [-0.39, 0.29) is 5.75 Å². The van der Waals surface area contributed by atoms with Gasteiger partial charge in [-0.3, -0.25) is 4.79 Å². The van der Waals surface area contributed by atoms with Crippen LogP contribution in [-0.2, 0) is 9.53 Å². The van der Waals surface area contributed by atoms with E-state index in [2.05, 4.69) is 5.32 Å². The fourth-order valence-electron chi connectivity index (χ4n) is 1.89. The van der Waals surface area contributed by atoms with Gasteiger partial charge in [0.15, 0.2) is 6.10 Å². The van der Waals surface area contributed by atoms with Crippen molar-refractivity contribution in [1.29, 1.82) is 0 Å². The van der Waals surface area contributed by atoms with Gasteiger partial charge in [0.05, 0.1) is 18.4 Å². The number of nitrogens with one attached hydrogen (secondary N) is 1. The second-order valence-electron chi connectivity index (χ2n) is 5.01. The van der Waals surface area contributed by atoms with Crippen LogP contribution < -0.4 is 10.1 Å². The van der Waals surface area contributed by atoms with Crippen LogP contribution >= 0.6 is 0 Å². The first kappa shape index (κ1) is 18.3. The lowest BCUT2D eigenvalue weighted by atomic mass is 10.2. The summed E-state index contributed by atoms with van der Waals surface area (Å²) in [6.45, 7) is 1.21. The molecule has 25 heavy (non-hydrogen) atoms. The number of benzene rings is 2. The summed E-state index contributed by atoms with van der Waals surface area (Å²) in [4.78, 5) is 23.9. The van der Waals surface area contributed by atoms with E-state index in [1.165, 1.54) is 20.1 Å². The molecule has 1 atom stereocenters. The van der Waals surface area contributed by atoms with E-state index >= 15 is 0 Å². The Balaban J connectivity index is 2.05. The summed E-state index contributed by atoms with van der Waals surface area (Å²) in [5.74, 6) is -4.25. The topological polar surface area (TPSA) is 64.6 Å². The van der Waals surface area contributed by atoms with Crippen LogP contribution in [0, 0.1) is 17.5 Å². The second kappa shape index (κ2) is 7.69. The van der Waals surface area contributed by atoms with E-state index in [1.807, 2.05) is 0 Å². The SMILES string of the molecule is COc1ccc(C(=O)O[C@H](C)C(=O)Nc2cc(F)ccc2F)c(F)c1. The predicted molar refractivity (Wildman–Crippen MR) is 82.8 cm³/mol. The van der Waals surface area contributed by atoms with E-state index in [9.17, 15) is 22.8 Å². The standard InChI is InChI=1S/C17H14F3NO4/c1-9(16(22)21-15-7-10(18)3-6-13(15)19)25-17(23)12-5-4-11(24-2)8-14(12)20/h3-9H,1-2H3,(H,21,22)/t9-/m1/s1. The maximum Gasteiger partial charge on any atom is 0.341 e. The summed E-state index contributed by atoms with van der Waals surface area (Å²) in [6.07, 6.45) is -1.36. The Kier molecular flexibility index (Phi) is 5.63. The largest absolute Gasteiger partial charge is 0.497 e. The minimum atomic E-state index is -1.36. The minimum absolute atomic E-state index is 0.210. The zero-order valence-corrected chi connectivity index (χ0v) is 13.3. The number of hydrogen-bond acceptors (Lipinski definition) is 4. The molecule has 0 aromatic heterocycles. The average Bonchev–Trinajstić information content (AvgIpc) is 2.57. The van der Waals surface area contributed by atoms with Crippen molar-refractivity contribution in [2.75, 3.05) is 12.4 Å². The van der Waals surface area contributed by atoms with Gasteiger partial charge in [0, 0.05) is 12.1 Å². The van der Waals surface area contributed by atoms with E-state index in [4.69, 9.17) is 9.47 Å². The molecule has 1 amide bonds. The Morgan fingerprint density at radius 1 is 1.04 bits per heavy atom. The van der Waals surface area contributed by atoms with Gasteiger partial charge in [-0.05, 0) is 31.2 Å². The van der Waals surface area contributed by atoms with Crippen LogP contribution in [0.3, 0.4) is 0 Å². The number of carbonyl (C=O) groups is 2.